The lowest BCUT2D eigenvalue weighted by Gasteiger charge is -2.33. The first kappa shape index (κ1) is 32.9. The summed E-state index contributed by atoms with van der Waals surface area (Å²) >= 11 is 0. The van der Waals surface area contributed by atoms with E-state index in [2.05, 4.69) is 27.8 Å². The lowest BCUT2D eigenvalue weighted by molar-refractivity contribution is -0.140. The Morgan fingerprint density at radius 1 is 1.18 bits per heavy atom. The SMILES string of the molecule is COCC(O)CNC(=O)c1ccc(NCC#Cc2cc3c(NC4CCN(C)CC4F)cccc3n2CC(F)(F)F)c(OC)c1. The molecule has 13 heteroatoms. The zero-order valence-electron chi connectivity index (χ0n) is 24.8. The largest absolute Gasteiger partial charge is 0.495 e. The summed E-state index contributed by atoms with van der Waals surface area (Å²) in [7, 11) is 4.74. The van der Waals surface area contributed by atoms with Gasteiger partial charge in [0.1, 0.15) is 18.5 Å². The summed E-state index contributed by atoms with van der Waals surface area (Å²) in [6.07, 6.45) is -5.86. The number of likely N-dealkylation sites (tertiary alicyclic amines) is 1. The van der Waals surface area contributed by atoms with E-state index in [4.69, 9.17) is 9.47 Å². The molecule has 0 spiro atoms. The molecule has 0 radical (unpaired) electrons. The number of fused-ring (bicyclic) bond motifs is 1. The highest BCUT2D eigenvalue weighted by Gasteiger charge is 2.31. The van der Waals surface area contributed by atoms with Crippen LogP contribution in [0.2, 0.25) is 0 Å². The van der Waals surface area contributed by atoms with Gasteiger partial charge in [-0.2, -0.15) is 13.2 Å². The fourth-order valence-corrected chi connectivity index (χ4v) is 5.10. The van der Waals surface area contributed by atoms with Gasteiger partial charge in [0.2, 0.25) is 0 Å². The van der Waals surface area contributed by atoms with Crippen molar-refractivity contribution in [2.24, 2.45) is 0 Å². The maximum atomic E-state index is 14.7. The molecule has 1 aliphatic rings. The van der Waals surface area contributed by atoms with Gasteiger partial charge in [0, 0.05) is 43.4 Å². The number of aliphatic hydroxyl groups excluding tert-OH is 1. The highest BCUT2D eigenvalue weighted by atomic mass is 19.4. The molecule has 1 fully saturated rings. The number of anilines is 2. The molecular weight excluding hydrogens is 582 g/mol. The van der Waals surface area contributed by atoms with Crippen molar-refractivity contribution in [3.05, 3.63) is 53.7 Å². The fraction of sp³-hybridized carbons (Fsp3) is 0.452. The Hall–Kier alpha value is -3.99. The average Bonchev–Trinajstić information content (AvgIpc) is 3.32. The van der Waals surface area contributed by atoms with Crippen molar-refractivity contribution in [1.29, 1.82) is 0 Å². The molecule has 3 aromatic rings. The van der Waals surface area contributed by atoms with Crippen LogP contribution in [0, 0.1) is 11.8 Å². The number of carbonyl (C=O) groups excluding carboxylic acids is 1. The van der Waals surface area contributed by atoms with Crippen molar-refractivity contribution in [1.82, 2.24) is 14.8 Å². The molecule has 0 aliphatic carbocycles. The molecule has 3 atom stereocenters. The molecule has 9 nitrogen and oxygen atoms in total. The third-order valence-electron chi connectivity index (χ3n) is 7.27. The summed E-state index contributed by atoms with van der Waals surface area (Å²) < 4.78 is 66.8. The quantitative estimate of drug-likeness (QED) is 0.191. The Labute approximate surface area is 253 Å². The minimum absolute atomic E-state index is 0.0156. The first-order chi connectivity index (χ1) is 21.0. The van der Waals surface area contributed by atoms with E-state index >= 15 is 0 Å². The Morgan fingerprint density at radius 3 is 2.68 bits per heavy atom. The van der Waals surface area contributed by atoms with Crippen LogP contribution in [0.5, 0.6) is 5.75 Å². The van der Waals surface area contributed by atoms with E-state index in [1.807, 2.05) is 11.9 Å². The monoisotopic (exact) mass is 619 g/mol. The molecule has 238 valence electrons. The maximum absolute atomic E-state index is 14.7. The van der Waals surface area contributed by atoms with Crippen LogP contribution in [0.1, 0.15) is 22.5 Å². The van der Waals surface area contributed by atoms with E-state index in [0.717, 1.165) is 4.57 Å². The van der Waals surface area contributed by atoms with Crippen molar-refractivity contribution >= 4 is 28.2 Å². The third kappa shape index (κ3) is 8.56. The molecular formula is C31H37F4N5O4. The lowest BCUT2D eigenvalue weighted by Crippen LogP contribution is -2.46. The van der Waals surface area contributed by atoms with Crippen LogP contribution in [0.3, 0.4) is 0 Å². The fourth-order valence-electron chi connectivity index (χ4n) is 5.10. The van der Waals surface area contributed by atoms with E-state index in [0.29, 0.717) is 46.6 Å². The minimum Gasteiger partial charge on any atom is -0.495 e. The number of ether oxygens (including phenoxy) is 2. The van der Waals surface area contributed by atoms with E-state index < -0.39 is 36.9 Å². The molecule has 3 unspecified atom stereocenters. The summed E-state index contributed by atoms with van der Waals surface area (Å²) in [5, 5.41) is 19.2. The Bertz CT molecular complexity index is 1500. The number of aromatic nitrogens is 1. The smallest absolute Gasteiger partial charge is 0.406 e. The second-order valence-corrected chi connectivity index (χ2v) is 10.7. The lowest BCUT2D eigenvalue weighted by atomic mass is 10.0. The van der Waals surface area contributed by atoms with Crippen LogP contribution in [-0.2, 0) is 11.3 Å². The van der Waals surface area contributed by atoms with Gasteiger partial charge in [-0.15, -0.1) is 0 Å². The van der Waals surface area contributed by atoms with Gasteiger partial charge in [0.25, 0.3) is 5.91 Å². The number of benzene rings is 2. The second-order valence-electron chi connectivity index (χ2n) is 10.7. The first-order valence-corrected chi connectivity index (χ1v) is 14.1. The number of nitrogens with one attached hydrogen (secondary N) is 3. The topological polar surface area (TPSA) is 100 Å². The van der Waals surface area contributed by atoms with Crippen molar-refractivity contribution in [2.75, 3.05) is 64.7 Å². The summed E-state index contributed by atoms with van der Waals surface area (Å²) in [5.41, 5.74) is 1.91. The number of hydrogen-bond acceptors (Lipinski definition) is 7. The molecule has 1 saturated heterocycles. The summed E-state index contributed by atoms with van der Waals surface area (Å²) in [5.74, 6) is 5.67. The number of alkyl halides is 4. The van der Waals surface area contributed by atoms with Gasteiger partial charge in [0.05, 0.1) is 49.3 Å². The molecule has 0 bridgehead atoms. The number of amides is 1. The molecule has 4 rings (SSSR count). The maximum Gasteiger partial charge on any atom is 0.406 e. The van der Waals surface area contributed by atoms with Crippen molar-refractivity contribution in [2.45, 2.75) is 37.5 Å². The van der Waals surface area contributed by atoms with Gasteiger partial charge in [-0.05, 0) is 55.8 Å². The van der Waals surface area contributed by atoms with Gasteiger partial charge in [-0.1, -0.05) is 12.0 Å². The highest BCUT2D eigenvalue weighted by molar-refractivity contribution is 5.95. The zero-order valence-corrected chi connectivity index (χ0v) is 24.8. The van der Waals surface area contributed by atoms with Gasteiger partial charge in [-0.25, -0.2) is 4.39 Å². The van der Waals surface area contributed by atoms with Crippen LogP contribution in [-0.4, -0.2) is 99.0 Å². The molecule has 2 heterocycles. The van der Waals surface area contributed by atoms with Gasteiger partial charge in [0.15, 0.2) is 0 Å². The Balaban J connectivity index is 1.51. The number of nitrogens with zero attached hydrogens (tertiary/aromatic N) is 2. The van der Waals surface area contributed by atoms with Crippen LogP contribution in [0.15, 0.2) is 42.5 Å². The number of aliphatic hydroxyl groups is 1. The van der Waals surface area contributed by atoms with Crippen LogP contribution in [0.25, 0.3) is 10.9 Å². The van der Waals surface area contributed by atoms with Crippen LogP contribution >= 0.6 is 0 Å². The predicted molar refractivity (Wildman–Crippen MR) is 161 cm³/mol. The van der Waals surface area contributed by atoms with E-state index in [9.17, 15) is 27.5 Å². The number of carbonyl (C=O) groups is 1. The van der Waals surface area contributed by atoms with E-state index in [1.54, 1.807) is 36.4 Å². The second kappa shape index (κ2) is 14.7. The van der Waals surface area contributed by atoms with Gasteiger partial charge in [-0.3, -0.25) is 4.79 Å². The van der Waals surface area contributed by atoms with Crippen molar-refractivity contribution < 1.29 is 36.9 Å². The van der Waals surface area contributed by atoms with Crippen molar-refractivity contribution in [3.63, 3.8) is 0 Å². The molecule has 1 aromatic heterocycles. The first-order valence-electron chi connectivity index (χ1n) is 14.1. The molecule has 4 N–H and O–H groups in total. The summed E-state index contributed by atoms with van der Waals surface area (Å²) in [6.45, 7) is -0.0544. The third-order valence-corrected chi connectivity index (χ3v) is 7.27. The van der Waals surface area contributed by atoms with Crippen molar-refractivity contribution in [3.8, 4) is 17.6 Å². The molecule has 2 aromatic carbocycles. The standard InChI is InChI=1S/C31H37F4N5O4/c1-39-13-11-26(24(32)17-39)38-25-7-4-8-28-23(25)15-21(40(28)19-31(33,34)35)6-5-12-36-27-10-9-20(14-29(27)44-3)30(42)37-16-22(41)18-43-2/h4,7-10,14-15,22,24,26,36,38,41H,11-13,16-19H2,1-3H3,(H,37,42). The number of hydrogen-bond donors (Lipinski definition) is 4. The Kier molecular flexibility index (Phi) is 11.0. The number of rotatable bonds is 11. The zero-order chi connectivity index (χ0) is 31.9. The molecule has 1 aliphatic heterocycles. The molecule has 0 saturated carbocycles. The Morgan fingerprint density at radius 2 is 1.98 bits per heavy atom. The molecule has 44 heavy (non-hydrogen) atoms. The van der Waals surface area contributed by atoms with E-state index in [1.165, 1.54) is 20.3 Å². The molecule has 1 amide bonds. The van der Waals surface area contributed by atoms with Gasteiger partial charge >= 0.3 is 6.18 Å². The number of piperidine rings is 1. The average molecular weight is 620 g/mol. The number of halogens is 4. The van der Waals surface area contributed by atoms with E-state index in [-0.39, 0.29) is 31.9 Å². The van der Waals surface area contributed by atoms with Crippen LogP contribution in [0.4, 0.5) is 28.9 Å². The summed E-state index contributed by atoms with van der Waals surface area (Å²) in [4.78, 5) is 14.4. The normalized spacial score (nSPS) is 17.9. The highest BCUT2D eigenvalue weighted by Crippen LogP contribution is 2.32. The minimum atomic E-state index is -4.48. The predicted octanol–water partition coefficient (Wildman–Crippen LogP) is 3.87. The summed E-state index contributed by atoms with van der Waals surface area (Å²) in [6, 6.07) is 10.8. The van der Waals surface area contributed by atoms with Crippen LogP contribution < -0.4 is 20.7 Å². The number of methoxy groups -OCH3 is 2. The van der Waals surface area contributed by atoms with Gasteiger partial charge < -0.3 is 40.0 Å².